The van der Waals surface area contributed by atoms with Gasteiger partial charge < -0.3 is 20.1 Å². The van der Waals surface area contributed by atoms with E-state index >= 15 is 0 Å². The monoisotopic (exact) mass is 680 g/mol. The topological polar surface area (TPSA) is 76.7 Å². The van der Waals surface area contributed by atoms with Crippen LogP contribution in [0, 0.1) is 0 Å². The lowest BCUT2D eigenvalue weighted by atomic mass is 9.86. The molecule has 40 heavy (non-hydrogen) atoms. The van der Waals surface area contributed by atoms with E-state index in [4.69, 9.17) is 9.47 Å². The Morgan fingerprint density at radius 3 is 1.32 bits per heavy atom. The molecule has 6 nitrogen and oxygen atoms in total. The summed E-state index contributed by atoms with van der Waals surface area (Å²) < 4.78 is 13.6. The van der Waals surface area contributed by atoms with Crippen LogP contribution in [0.25, 0.3) is 0 Å². The van der Waals surface area contributed by atoms with E-state index in [0.717, 1.165) is 70.1 Å². The lowest BCUT2D eigenvalue weighted by molar-refractivity contribution is -0.123. The summed E-state index contributed by atoms with van der Waals surface area (Å²) in [5.74, 6) is 1.29. The van der Waals surface area contributed by atoms with Gasteiger partial charge in [-0.1, -0.05) is 99.1 Å². The average molecular weight is 683 g/mol. The van der Waals surface area contributed by atoms with Crippen LogP contribution in [0.15, 0.2) is 45.3 Å². The molecule has 0 atom stereocenters. The fourth-order valence-corrected chi connectivity index (χ4v) is 4.95. The molecule has 2 aromatic carbocycles. The second-order valence-corrected chi connectivity index (χ2v) is 14.0. The van der Waals surface area contributed by atoms with E-state index in [1.807, 2.05) is 36.4 Å². The second-order valence-electron chi connectivity index (χ2n) is 12.2. The van der Waals surface area contributed by atoms with Crippen molar-refractivity contribution >= 4 is 43.7 Å². The summed E-state index contributed by atoms with van der Waals surface area (Å²) in [6.07, 6.45) is 6.22. The third-order valence-corrected chi connectivity index (χ3v) is 7.45. The Morgan fingerprint density at radius 2 is 0.975 bits per heavy atom. The Morgan fingerprint density at radius 1 is 0.625 bits per heavy atom. The van der Waals surface area contributed by atoms with Crippen LogP contribution in [0.5, 0.6) is 11.5 Å². The van der Waals surface area contributed by atoms with E-state index in [2.05, 4.69) is 84.0 Å². The summed E-state index contributed by atoms with van der Waals surface area (Å²) in [6.45, 7) is 14.1. The Bertz CT molecular complexity index is 1020. The predicted molar refractivity (Wildman–Crippen MR) is 170 cm³/mol. The van der Waals surface area contributed by atoms with Gasteiger partial charge in [-0.15, -0.1) is 0 Å². The van der Waals surface area contributed by atoms with Crippen molar-refractivity contribution in [3.63, 3.8) is 0 Å². The number of carbonyl (C=O) groups excluding carboxylic acids is 2. The minimum Gasteiger partial charge on any atom is -0.483 e. The van der Waals surface area contributed by atoms with Crippen LogP contribution in [0.1, 0.15) is 91.2 Å². The van der Waals surface area contributed by atoms with E-state index in [1.54, 1.807) is 0 Å². The van der Waals surface area contributed by atoms with Crippen LogP contribution in [0.2, 0.25) is 0 Å². The predicted octanol–water partition coefficient (Wildman–Crippen LogP) is 7.84. The maximum atomic E-state index is 12.2. The first-order chi connectivity index (χ1) is 18.8. The molecule has 0 bridgehead atoms. The molecule has 2 rings (SSSR count). The highest BCUT2D eigenvalue weighted by Gasteiger charge is 2.21. The maximum absolute atomic E-state index is 12.2. The van der Waals surface area contributed by atoms with Crippen LogP contribution in [-0.4, -0.2) is 38.1 Å². The molecule has 0 aliphatic carbocycles. The highest BCUT2D eigenvalue weighted by molar-refractivity contribution is 9.10. The first-order valence-electron chi connectivity index (χ1n) is 14.2. The van der Waals surface area contributed by atoms with Gasteiger partial charge in [0.05, 0.1) is 0 Å². The normalized spacial score (nSPS) is 11.7. The molecule has 0 aliphatic rings. The Kier molecular flexibility index (Phi) is 14.0. The number of hydrogen-bond donors (Lipinski definition) is 2. The van der Waals surface area contributed by atoms with Crippen LogP contribution >= 0.6 is 31.9 Å². The molecule has 0 aliphatic heterocycles. The fraction of sp³-hybridized carbons (Fsp3) is 0.562. The highest BCUT2D eigenvalue weighted by Crippen LogP contribution is 2.34. The lowest BCUT2D eigenvalue weighted by Gasteiger charge is -2.23. The highest BCUT2D eigenvalue weighted by atomic mass is 79.9. The van der Waals surface area contributed by atoms with Crippen molar-refractivity contribution in [3.05, 3.63) is 56.5 Å². The first-order valence-corrected chi connectivity index (χ1v) is 15.7. The molecule has 2 aromatic rings. The van der Waals surface area contributed by atoms with E-state index in [-0.39, 0.29) is 35.9 Å². The zero-order valence-corrected chi connectivity index (χ0v) is 28.1. The molecular weight excluding hydrogens is 636 g/mol. The van der Waals surface area contributed by atoms with E-state index in [9.17, 15) is 9.59 Å². The van der Waals surface area contributed by atoms with Gasteiger partial charge in [-0.2, -0.15) is 0 Å². The number of carbonyl (C=O) groups is 2. The number of benzene rings is 2. The van der Waals surface area contributed by atoms with E-state index in [1.165, 1.54) is 0 Å². The van der Waals surface area contributed by atoms with Crippen molar-refractivity contribution in [2.75, 3.05) is 26.3 Å². The van der Waals surface area contributed by atoms with Crippen molar-refractivity contribution in [2.24, 2.45) is 0 Å². The van der Waals surface area contributed by atoms with Gasteiger partial charge in [-0.25, -0.2) is 0 Å². The van der Waals surface area contributed by atoms with Gasteiger partial charge in [-0.05, 0) is 60.1 Å². The molecule has 0 unspecified atom stereocenters. The van der Waals surface area contributed by atoms with Crippen molar-refractivity contribution in [3.8, 4) is 11.5 Å². The van der Waals surface area contributed by atoms with Crippen molar-refractivity contribution in [2.45, 2.75) is 90.9 Å². The molecule has 0 heterocycles. The molecule has 0 saturated carbocycles. The largest absolute Gasteiger partial charge is 0.483 e. The molecule has 0 radical (unpaired) electrons. The summed E-state index contributed by atoms with van der Waals surface area (Å²) in [5.41, 5.74) is 1.98. The standard InChI is InChI=1S/C32H46Br2N2O4/c1-31(2,3)25-19-23(33)13-15-27(25)39-21-29(37)35-17-11-9-7-8-10-12-18-36-30(38)22-40-28-16-14-24(34)20-26(28)32(4,5)6/h13-16,19-20H,7-12,17-18,21-22H2,1-6H3,(H,35,37)(H,36,38). The number of ether oxygens (including phenoxy) is 2. The maximum Gasteiger partial charge on any atom is 0.257 e. The fourth-order valence-electron chi connectivity index (χ4n) is 4.23. The van der Waals surface area contributed by atoms with E-state index in [0.29, 0.717) is 13.1 Å². The average Bonchev–Trinajstić information content (AvgIpc) is 2.87. The van der Waals surface area contributed by atoms with Crippen LogP contribution < -0.4 is 20.1 Å². The second kappa shape index (κ2) is 16.4. The van der Waals surface area contributed by atoms with Crippen LogP contribution in [-0.2, 0) is 20.4 Å². The van der Waals surface area contributed by atoms with Gasteiger partial charge in [0.2, 0.25) is 0 Å². The SMILES string of the molecule is CC(C)(C)c1cc(Br)ccc1OCC(=O)NCCCCCCCCNC(=O)COc1ccc(Br)cc1C(C)(C)C. The summed E-state index contributed by atoms with van der Waals surface area (Å²) in [5, 5.41) is 5.90. The number of halogens is 2. The van der Waals surface area contributed by atoms with Gasteiger partial charge in [0.1, 0.15) is 11.5 Å². The van der Waals surface area contributed by atoms with Gasteiger partial charge in [0, 0.05) is 33.2 Å². The zero-order valence-electron chi connectivity index (χ0n) is 24.9. The summed E-state index contributed by atoms with van der Waals surface area (Å²) in [6, 6.07) is 11.8. The van der Waals surface area contributed by atoms with Crippen LogP contribution in [0.3, 0.4) is 0 Å². The van der Waals surface area contributed by atoms with Gasteiger partial charge in [0.25, 0.3) is 11.8 Å². The molecule has 0 spiro atoms. The molecule has 0 saturated heterocycles. The number of rotatable bonds is 15. The van der Waals surface area contributed by atoms with Crippen LogP contribution in [0.4, 0.5) is 0 Å². The molecular formula is C32H46Br2N2O4. The number of nitrogens with one attached hydrogen (secondary N) is 2. The molecule has 0 aromatic heterocycles. The molecule has 222 valence electrons. The number of hydrogen-bond acceptors (Lipinski definition) is 4. The number of unbranched alkanes of at least 4 members (excludes halogenated alkanes) is 5. The van der Waals surface area contributed by atoms with Gasteiger partial charge in [0.15, 0.2) is 13.2 Å². The van der Waals surface area contributed by atoms with Gasteiger partial charge in [-0.3, -0.25) is 9.59 Å². The number of amides is 2. The third-order valence-electron chi connectivity index (χ3n) is 6.46. The molecule has 2 amide bonds. The minimum atomic E-state index is -0.0998. The lowest BCUT2D eigenvalue weighted by Crippen LogP contribution is -2.30. The Labute approximate surface area is 257 Å². The summed E-state index contributed by atoms with van der Waals surface area (Å²) in [4.78, 5) is 24.4. The molecule has 8 heteroatoms. The Balaban J connectivity index is 1.51. The molecule has 0 fully saturated rings. The smallest absolute Gasteiger partial charge is 0.257 e. The summed E-state index contributed by atoms with van der Waals surface area (Å²) in [7, 11) is 0. The quantitative estimate of drug-likeness (QED) is 0.188. The van der Waals surface area contributed by atoms with Gasteiger partial charge >= 0.3 is 0 Å². The minimum absolute atomic E-state index is 0.0162. The zero-order chi connectivity index (χ0) is 29.8. The van der Waals surface area contributed by atoms with E-state index < -0.39 is 0 Å². The first kappa shape index (κ1) is 34.1. The van der Waals surface area contributed by atoms with Crippen molar-refractivity contribution < 1.29 is 19.1 Å². The third kappa shape index (κ3) is 12.6. The summed E-state index contributed by atoms with van der Waals surface area (Å²) >= 11 is 7.02. The molecule has 2 N–H and O–H groups in total. The van der Waals surface area contributed by atoms with Crippen molar-refractivity contribution in [1.82, 2.24) is 10.6 Å². The van der Waals surface area contributed by atoms with Crippen molar-refractivity contribution in [1.29, 1.82) is 0 Å². The Hall–Kier alpha value is -2.06.